The maximum atomic E-state index is 5.91. The molecule has 0 saturated heterocycles. The standard InChI is InChI=1S/C17H24N2O2/c1-18-11-17-15(14-5-3-4-6-16(14)21-17)12-20-10-9-19(2)13-7-8-13/h3-6,13,18H,7-12H2,1-2H3. The van der Waals surface area contributed by atoms with Gasteiger partial charge in [0, 0.05) is 23.5 Å². The third-order valence-electron chi connectivity index (χ3n) is 4.12. The highest BCUT2D eigenvalue weighted by Gasteiger charge is 2.25. The largest absolute Gasteiger partial charge is 0.459 e. The van der Waals surface area contributed by atoms with Crippen LogP contribution >= 0.6 is 0 Å². The van der Waals surface area contributed by atoms with Gasteiger partial charge in [-0.25, -0.2) is 0 Å². The Balaban J connectivity index is 1.62. The number of hydrogen-bond donors (Lipinski definition) is 1. The molecule has 1 heterocycles. The minimum Gasteiger partial charge on any atom is -0.459 e. The lowest BCUT2D eigenvalue weighted by atomic mass is 10.1. The number of ether oxygens (including phenoxy) is 1. The smallest absolute Gasteiger partial charge is 0.134 e. The molecule has 1 fully saturated rings. The monoisotopic (exact) mass is 288 g/mol. The average molecular weight is 288 g/mol. The van der Waals surface area contributed by atoms with Gasteiger partial charge in [-0.2, -0.15) is 0 Å². The van der Waals surface area contributed by atoms with Crippen molar-refractivity contribution in [3.63, 3.8) is 0 Å². The van der Waals surface area contributed by atoms with Crippen molar-refractivity contribution < 1.29 is 9.15 Å². The van der Waals surface area contributed by atoms with Crippen molar-refractivity contribution >= 4 is 11.0 Å². The number of benzene rings is 1. The molecule has 1 aliphatic carbocycles. The van der Waals surface area contributed by atoms with E-state index >= 15 is 0 Å². The zero-order valence-corrected chi connectivity index (χ0v) is 12.9. The molecule has 0 radical (unpaired) electrons. The second kappa shape index (κ2) is 6.60. The van der Waals surface area contributed by atoms with E-state index in [2.05, 4.69) is 23.3 Å². The van der Waals surface area contributed by atoms with Crippen LogP contribution in [0.25, 0.3) is 11.0 Å². The lowest BCUT2D eigenvalue weighted by Crippen LogP contribution is -2.25. The number of para-hydroxylation sites is 1. The first-order chi connectivity index (χ1) is 10.3. The molecule has 3 rings (SSSR count). The fourth-order valence-corrected chi connectivity index (χ4v) is 2.69. The van der Waals surface area contributed by atoms with Gasteiger partial charge >= 0.3 is 0 Å². The van der Waals surface area contributed by atoms with Crippen molar-refractivity contribution in [3.05, 3.63) is 35.6 Å². The minimum absolute atomic E-state index is 0.618. The van der Waals surface area contributed by atoms with E-state index < -0.39 is 0 Å². The number of nitrogens with zero attached hydrogens (tertiary/aromatic N) is 1. The first-order valence-corrected chi connectivity index (χ1v) is 7.71. The van der Waals surface area contributed by atoms with Crippen molar-refractivity contribution in [2.45, 2.75) is 32.0 Å². The maximum Gasteiger partial charge on any atom is 0.134 e. The van der Waals surface area contributed by atoms with Crippen LogP contribution < -0.4 is 5.32 Å². The number of furan rings is 1. The Morgan fingerprint density at radius 3 is 2.90 bits per heavy atom. The first-order valence-electron chi connectivity index (χ1n) is 7.71. The van der Waals surface area contributed by atoms with Gasteiger partial charge in [-0.1, -0.05) is 18.2 Å². The van der Waals surface area contributed by atoms with Crippen LogP contribution in [0.1, 0.15) is 24.2 Å². The summed E-state index contributed by atoms with van der Waals surface area (Å²) in [6.45, 7) is 3.12. The highest BCUT2D eigenvalue weighted by molar-refractivity contribution is 5.82. The number of likely N-dealkylation sites (N-methyl/N-ethyl adjacent to an activating group) is 1. The third-order valence-corrected chi connectivity index (χ3v) is 4.12. The fourth-order valence-electron chi connectivity index (χ4n) is 2.69. The zero-order valence-electron chi connectivity index (χ0n) is 12.9. The van der Waals surface area contributed by atoms with E-state index in [1.165, 1.54) is 23.8 Å². The van der Waals surface area contributed by atoms with Gasteiger partial charge in [-0.3, -0.25) is 0 Å². The average Bonchev–Trinajstić information content (AvgIpc) is 3.28. The van der Waals surface area contributed by atoms with E-state index in [9.17, 15) is 0 Å². The molecular formula is C17H24N2O2. The Kier molecular flexibility index (Phi) is 4.58. The molecule has 0 spiro atoms. The summed E-state index contributed by atoms with van der Waals surface area (Å²) in [6.07, 6.45) is 2.68. The van der Waals surface area contributed by atoms with Gasteiger partial charge in [-0.15, -0.1) is 0 Å². The third kappa shape index (κ3) is 3.46. The summed E-state index contributed by atoms with van der Waals surface area (Å²) in [4.78, 5) is 2.39. The molecule has 0 atom stereocenters. The summed E-state index contributed by atoms with van der Waals surface area (Å²) in [5.74, 6) is 0.981. The zero-order chi connectivity index (χ0) is 14.7. The van der Waals surface area contributed by atoms with Gasteiger partial charge in [0.05, 0.1) is 19.8 Å². The molecule has 0 bridgehead atoms. The molecule has 0 amide bonds. The second-order valence-corrected chi connectivity index (χ2v) is 5.79. The van der Waals surface area contributed by atoms with E-state index in [1.54, 1.807) is 0 Å². The predicted molar refractivity (Wildman–Crippen MR) is 84.3 cm³/mol. The normalized spacial score (nSPS) is 15.2. The molecule has 1 aromatic heterocycles. The van der Waals surface area contributed by atoms with Crippen molar-refractivity contribution in [1.29, 1.82) is 0 Å². The van der Waals surface area contributed by atoms with Gasteiger partial charge in [0.15, 0.2) is 0 Å². The molecule has 114 valence electrons. The van der Waals surface area contributed by atoms with E-state index in [4.69, 9.17) is 9.15 Å². The molecule has 4 heteroatoms. The van der Waals surface area contributed by atoms with Crippen molar-refractivity contribution in [2.75, 3.05) is 27.2 Å². The molecule has 1 aromatic carbocycles. The number of fused-ring (bicyclic) bond motifs is 1. The van der Waals surface area contributed by atoms with Crippen LogP contribution in [0.5, 0.6) is 0 Å². The summed E-state index contributed by atoms with van der Waals surface area (Å²) in [7, 11) is 4.11. The summed E-state index contributed by atoms with van der Waals surface area (Å²) < 4.78 is 11.8. The van der Waals surface area contributed by atoms with E-state index in [1.807, 2.05) is 25.2 Å². The van der Waals surface area contributed by atoms with Crippen LogP contribution in [-0.2, 0) is 17.9 Å². The molecule has 21 heavy (non-hydrogen) atoms. The summed E-state index contributed by atoms with van der Waals surface area (Å²) in [6, 6.07) is 8.96. The predicted octanol–water partition coefficient (Wildman–Crippen LogP) is 2.76. The van der Waals surface area contributed by atoms with Crippen LogP contribution in [0.4, 0.5) is 0 Å². The Bertz CT molecular complexity index is 589. The van der Waals surface area contributed by atoms with Crippen molar-refractivity contribution in [1.82, 2.24) is 10.2 Å². The quantitative estimate of drug-likeness (QED) is 0.758. The molecule has 0 aliphatic heterocycles. The summed E-state index contributed by atoms with van der Waals surface area (Å²) in [5, 5.41) is 4.32. The highest BCUT2D eigenvalue weighted by atomic mass is 16.5. The van der Waals surface area contributed by atoms with Crippen molar-refractivity contribution in [3.8, 4) is 0 Å². The Morgan fingerprint density at radius 1 is 1.33 bits per heavy atom. The Labute approximate surface area is 126 Å². The molecule has 1 saturated carbocycles. The molecule has 4 nitrogen and oxygen atoms in total. The number of hydrogen-bond acceptors (Lipinski definition) is 4. The van der Waals surface area contributed by atoms with Gasteiger partial charge in [0.2, 0.25) is 0 Å². The van der Waals surface area contributed by atoms with Gasteiger partial charge < -0.3 is 19.4 Å². The molecule has 1 N–H and O–H groups in total. The topological polar surface area (TPSA) is 37.6 Å². The summed E-state index contributed by atoms with van der Waals surface area (Å²) >= 11 is 0. The number of rotatable bonds is 8. The fraction of sp³-hybridized carbons (Fsp3) is 0.529. The van der Waals surface area contributed by atoms with Crippen LogP contribution in [0.2, 0.25) is 0 Å². The van der Waals surface area contributed by atoms with Gasteiger partial charge in [-0.05, 0) is 33.0 Å². The van der Waals surface area contributed by atoms with Gasteiger partial charge in [0.25, 0.3) is 0 Å². The van der Waals surface area contributed by atoms with Crippen molar-refractivity contribution in [2.24, 2.45) is 0 Å². The van der Waals surface area contributed by atoms with Gasteiger partial charge in [0.1, 0.15) is 11.3 Å². The first kappa shape index (κ1) is 14.6. The van der Waals surface area contributed by atoms with Crippen LogP contribution in [0, 0.1) is 0 Å². The highest BCUT2D eigenvalue weighted by Crippen LogP contribution is 2.27. The molecular weight excluding hydrogens is 264 g/mol. The molecule has 2 aromatic rings. The molecule has 1 aliphatic rings. The Morgan fingerprint density at radius 2 is 2.14 bits per heavy atom. The Hall–Kier alpha value is -1.36. The van der Waals surface area contributed by atoms with E-state index in [0.29, 0.717) is 6.61 Å². The lowest BCUT2D eigenvalue weighted by Gasteiger charge is -2.15. The number of nitrogens with one attached hydrogen (secondary N) is 1. The summed E-state index contributed by atoms with van der Waals surface area (Å²) in [5.41, 5.74) is 2.12. The van der Waals surface area contributed by atoms with E-state index in [-0.39, 0.29) is 0 Å². The lowest BCUT2D eigenvalue weighted by molar-refractivity contribution is 0.0974. The second-order valence-electron chi connectivity index (χ2n) is 5.79. The maximum absolute atomic E-state index is 5.91. The SMILES string of the molecule is CNCc1oc2ccccc2c1COCCN(C)C1CC1. The van der Waals surface area contributed by atoms with Crippen LogP contribution in [0.15, 0.2) is 28.7 Å². The van der Waals surface area contributed by atoms with E-state index in [0.717, 1.165) is 37.1 Å². The van der Waals surface area contributed by atoms with Crippen LogP contribution in [0.3, 0.4) is 0 Å². The molecule has 0 unspecified atom stereocenters. The minimum atomic E-state index is 0.618. The van der Waals surface area contributed by atoms with Crippen LogP contribution in [-0.4, -0.2) is 38.2 Å².